The molecular formula is C10H19N. The highest BCUT2D eigenvalue weighted by atomic mass is 14.8. The van der Waals surface area contributed by atoms with Gasteiger partial charge < -0.3 is 5.73 Å². The van der Waals surface area contributed by atoms with Crippen LogP contribution in [0.5, 0.6) is 0 Å². The van der Waals surface area contributed by atoms with E-state index >= 15 is 0 Å². The highest BCUT2D eigenvalue weighted by molar-refractivity contribution is 5.16. The summed E-state index contributed by atoms with van der Waals surface area (Å²) in [6.45, 7) is 8.16. The lowest BCUT2D eigenvalue weighted by atomic mass is 9.45. The minimum Gasteiger partial charge on any atom is -0.330 e. The molecule has 3 fully saturated rings. The van der Waals surface area contributed by atoms with Crippen LogP contribution in [0.2, 0.25) is 0 Å². The largest absolute Gasteiger partial charge is 0.330 e. The lowest BCUT2D eigenvalue weighted by molar-refractivity contribution is -0.112. The average Bonchev–Trinajstić information content (AvgIpc) is 2.38. The molecule has 2 N–H and O–H groups in total. The zero-order chi connectivity index (χ0) is 8.28. The van der Waals surface area contributed by atoms with Crippen LogP contribution in [0.1, 0.15) is 33.6 Å². The van der Waals surface area contributed by atoms with E-state index in [4.69, 9.17) is 5.73 Å². The second-order valence-electron chi connectivity index (χ2n) is 5.13. The Morgan fingerprint density at radius 1 is 1.36 bits per heavy atom. The molecule has 3 saturated carbocycles. The first kappa shape index (κ1) is 7.60. The van der Waals surface area contributed by atoms with Crippen LogP contribution in [0.3, 0.4) is 0 Å². The van der Waals surface area contributed by atoms with Crippen molar-refractivity contribution in [3.05, 3.63) is 0 Å². The number of hydrogen-bond acceptors (Lipinski definition) is 1. The molecule has 0 radical (unpaired) electrons. The zero-order valence-corrected chi connectivity index (χ0v) is 7.85. The van der Waals surface area contributed by atoms with Crippen LogP contribution in [-0.4, -0.2) is 6.54 Å². The molecule has 11 heavy (non-hydrogen) atoms. The van der Waals surface area contributed by atoms with Crippen LogP contribution >= 0.6 is 0 Å². The van der Waals surface area contributed by atoms with E-state index in [0.29, 0.717) is 10.8 Å². The fourth-order valence-corrected chi connectivity index (χ4v) is 3.70. The van der Waals surface area contributed by atoms with Gasteiger partial charge in [0.25, 0.3) is 0 Å². The monoisotopic (exact) mass is 153 g/mol. The van der Waals surface area contributed by atoms with E-state index in [1.165, 1.54) is 12.8 Å². The molecule has 0 spiro atoms. The van der Waals surface area contributed by atoms with Crippen molar-refractivity contribution in [1.82, 2.24) is 0 Å². The van der Waals surface area contributed by atoms with E-state index in [1.54, 1.807) is 0 Å². The third-order valence-electron chi connectivity index (χ3n) is 4.93. The molecule has 64 valence electrons. The van der Waals surface area contributed by atoms with Crippen LogP contribution in [0.4, 0.5) is 0 Å². The fourth-order valence-electron chi connectivity index (χ4n) is 3.70. The highest BCUT2D eigenvalue weighted by Gasteiger charge is 2.67. The first-order valence-corrected chi connectivity index (χ1v) is 4.74. The van der Waals surface area contributed by atoms with Gasteiger partial charge in [-0.2, -0.15) is 0 Å². The second-order valence-corrected chi connectivity index (χ2v) is 5.13. The summed E-state index contributed by atoms with van der Waals surface area (Å²) < 4.78 is 0. The third kappa shape index (κ3) is 0.581. The number of hydrogen-bond donors (Lipinski definition) is 1. The molecule has 1 heteroatoms. The first-order valence-electron chi connectivity index (χ1n) is 4.74. The first-order chi connectivity index (χ1) is 5.04. The van der Waals surface area contributed by atoms with E-state index in [0.717, 1.165) is 18.4 Å². The third-order valence-corrected chi connectivity index (χ3v) is 4.93. The normalized spacial score (nSPS) is 52.4. The van der Waals surface area contributed by atoms with Crippen molar-refractivity contribution < 1.29 is 0 Å². The fraction of sp³-hybridized carbons (Fsp3) is 1.00. The average molecular weight is 153 g/mol. The lowest BCUT2D eigenvalue weighted by Crippen LogP contribution is -2.57. The van der Waals surface area contributed by atoms with E-state index in [1.807, 2.05) is 0 Å². The summed E-state index contributed by atoms with van der Waals surface area (Å²) in [5.74, 6) is 1.76. The Hall–Kier alpha value is -0.0400. The van der Waals surface area contributed by atoms with Gasteiger partial charge in [-0.3, -0.25) is 0 Å². The molecule has 3 unspecified atom stereocenters. The molecule has 3 atom stereocenters. The quantitative estimate of drug-likeness (QED) is 0.612. The van der Waals surface area contributed by atoms with Crippen molar-refractivity contribution in [1.29, 1.82) is 0 Å². The van der Waals surface area contributed by atoms with Gasteiger partial charge in [-0.25, -0.2) is 0 Å². The summed E-state index contributed by atoms with van der Waals surface area (Å²) >= 11 is 0. The Labute approximate surface area is 69.4 Å². The van der Waals surface area contributed by atoms with Gasteiger partial charge in [-0.05, 0) is 42.1 Å². The summed E-state index contributed by atoms with van der Waals surface area (Å²) in [5.41, 5.74) is 6.92. The molecule has 2 bridgehead atoms. The maximum Gasteiger partial charge on any atom is -0.00406 e. The molecule has 0 aromatic rings. The van der Waals surface area contributed by atoms with Crippen LogP contribution in [0, 0.1) is 22.7 Å². The summed E-state index contributed by atoms with van der Waals surface area (Å²) in [5, 5.41) is 0. The van der Waals surface area contributed by atoms with Crippen LogP contribution in [0.15, 0.2) is 0 Å². The summed E-state index contributed by atoms with van der Waals surface area (Å²) in [7, 11) is 0. The Balaban J connectivity index is 2.28. The van der Waals surface area contributed by atoms with Gasteiger partial charge in [0.1, 0.15) is 0 Å². The van der Waals surface area contributed by atoms with E-state index < -0.39 is 0 Å². The second kappa shape index (κ2) is 1.82. The van der Waals surface area contributed by atoms with Gasteiger partial charge in [-0.1, -0.05) is 20.8 Å². The minimum absolute atomic E-state index is 0.576. The zero-order valence-electron chi connectivity index (χ0n) is 7.85. The van der Waals surface area contributed by atoms with Crippen molar-refractivity contribution in [2.45, 2.75) is 33.6 Å². The summed E-state index contributed by atoms with van der Waals surface area (Å²) in [6.07, 6.45) is 2.83. The molecule has 3 aliphatic rings. The van der Waals surface area contributed by atoms with Crippen molar-refractivity contribution >= 4 is 0 Å². The van der Waals surface area contributed by atoms with Gasteiger partial charge >= 0.3 is 0 Å². The van der Waals surface area contributed by atoms with E-state index in [2.05, 4.69) is 20.8 Å². The summed E-state index contributed by atoms with van der Waals surface area (Å²) in [4.78, 5) is 0. The number of fused-ring (bicyclic) bond motifs is 1. The van der Waals surface area contributed by atoms with Crippen molar-refractivity contribution in [3.63, 3.8) is 0 Å². The van der Waals surface area contributed by atoms with Crippen LogP contribution < -0.4 is 5.73 Å². The maximum absolute atomic E-state index is 5.76. The topological polar surface area (TPSA) is 26.0 Å². The van der Waals surface area contributed by atoms with Crippen LogP contribution in [-0.2, 0) is 0 Å². The predicted molar refractivity (Wildman–Crippen MR) is 47.2 cm³/mol. The predicted octanol–water partition coefficient (Wildman–Crippen LogP) is 2.02. The molecule has 0 amide bonds. The molecule has 3 aliphatic carbocycles. The lowest BCUT2D eigenvalue weighted by Gasteiger charge is -2.60. The number of nitrogens with two attached hydrogens (primary N) is 1. The molecule has 3 rings (SSSR count). The van der Waals surface area contributed by atoms with Gasteiger partial charge in [0, 0.05) is 0 Å². The molecule has 0 heterocycles. The molecule has 0 aromatic carbocycles. The van der Waals surface area contributed by atoms with E-state index in [9.17, 15) is 0 Å². The maximum atomic E-state index is 5.76. The Morgan fingerprint density at radius 3 is 2.18 bits per heavy atom. The van der Waals surface area contributed by atoms with Gasteiger partial charge in [0.2, 0.25) is 0 Å². The standard InChI is InChI=1S/C10H19N/c1-9(2)7-4-5-10(9,3)8(7)6-11/h7-8H,4-6,11H2,1-3H3. The molecule has 0 aliphatic heterocycles. The van der Waals surface area contributed by atoms with Gasteiger partial charge in [-0.15, -0.1) is 0 Å². The SMILES string of the molecule is CC1(C)C2CCC1(C)C2CN. The van der Waals surface area contributed by atoms with E-state index in [-0.39, 0.29) is 0 Å². The van der Waals surface area contributed by atoms with Gasteiger partial charge in [0.05, 0.1) is 0 Å². The van der Waals surface area contributed by atoms with Crippen molar-refractivity contribution in [2.75, 3.05) is 6.54 Å². The number of rotatable bonds is 1. The Morgan fingerprint density at radius 2 is 2.00 bits per heavy atom. The molecule has 0 aromatic heterocycles. The summed E-state index contributed by atoms with van der Waals surface area (Å²) in [6, 6.07) is 0. The molecular weight excluding hydrogens is 134 g/mol. The minimum atomic E-state index is 0.576. The Kier molecular flexibility index (Phi) is 1.26. The van der Waals surface area contributed by atoms with Crippen molar-refractivity contribution in [2.24, 2.45) is 28.4 Å². The molecule has 0 saturated heterocycles. The van der Waals surface area contributed by atoms with Gasteiger partial charge in [0.15, 0.2) is 0 Å². The molecule has 1 nitrogen and oxygen atoms in total. The highest BCUT2D eigenvalue weighted by Crippen LogP contribution is 2.73. The Bertz CT molecular complexity index is 185. The van der Waals surface area contributed by atoms with Crippen LogP contribution in [0.25, 0.3) is 0 Å². The van der Waals surface area contributed by atoms with Crippen molar-refractivity contribution in [3.8, 4) is 0 Å². The smallest absolute Gasteiger partial charge is 0.00406 e.